The molecule has 0 saturated carbocycles. The maximum absolute atomic E-state index is 14.2. The lowest BCUT2D eigenvalue weighted by Gasteiger charge is -2.33. The first kappa shape index (κ1) is 40.5. The maximum Gasteiger partial charge on any atom is 0.490 e. The fourth-order valence-electron chi connectivity index (χ4n) is 5.57. The van der Waals surface area contributed by atoms with Gasteiger partial charge in [-0.1, -0.05) is 67.1 Å². The predicted octanol–water partition coefficient (Wildman–Crippen LogP) is 3.99. The van der Waals surface area contributed by atoms with Crippen LogP contribution in [0.4, 0.5) is 13.2 Å². The van der Waals surface area contributed by atoms with Gasteiger partial charge in [0.25, 0.3) is 5.91 Å². The lowest BCUT2D eigenvalue weighted by atomic mass is 9.89. The third-order valence-electron chi connectivity index (χ3n) is 8.37. The number of carbonyl (C=O) groups excluding carboxylic acids is 4. The minimum absolute atomic E-state index is 0.167. The van der Waals surface area contributed by atoms with Crippen molar-refractivity contribution >= 4 is 42.2 Å². The average Bonchev–Trinajstić information content (AvgIpc) is 3.44. The van der Waals surface area contributed by atoms with Crippen molar-refractivity contribution in [3.05, 3.63) is 102 Å². The number of likely N-dealkylation sites (tertiary alicyclic amines) is 1. The lowest BCUT2D eigenvalue weighted by molar-refractivity contribution is -0.192. The van der Waals surface area contributed by atoms with Gasteiger partial charge in [0.2, 0.25) is 17.7 Å². The summed E-state index contributed by atoms with van der Waals surface area (Å²) in [6.45, 7) is 0.827. The average molecular weight is 730 g/mol. The van der Waals surface area contributed by atoms with Crippen LogP contribution < -0.4 is 16.0 Å². The Bertz CT molecular complexity index is 1600. The van der Waals surface area contributed by atoms with Gasteiger partial charge in [0.1, 0.15) is 11.6 Å². The predicted molar refractivity (Wildman–Crippen MR) is 187 cm³/mol. The zero-order chi connectivity index (χ0) is 37.4. The number of aliphatic carboxylic acids is 1. The molecule has 2 heterocycles. The van der Waals surface area contributed by atoms with E-state index in [1.165, 1.54) is 0 Å². The van der Waals surface area contributed by atoms with E-state index < -0.39 is 29.0 Å². The molecule has 1 saturated heterocycles. The molecule has 1 aliphatic rings. The van der Waals surface area contributed by atoms with Gasteiger partial charge in [0.05, 0.1) is 5.25 Å². The van der Waals surface area contributed by atoms with Crippen molar-refractivity contribution in [3.63, 3.8) is 0 Å². The van der Waals surface area contributed by atoms with Crippen LogP contribution in [0.1, 0.15) is 53.6 Å². The number of thiol groups is 1. The molecular formula is C36H42F3N5O6S. The van der Waals surface area contributed by atoms with E-state index in [-0.39, 0.29) is 23.6 Å². The van der Waals surface area contributed by atoms with Gasteiger partial charge in [-0.15, -0.1) is 0 Å². The topological polar surface area (TPSA) is 158 Å². The van der Waals surface area contributed by atoms with Gasteiger partial charge in [-0.2, -0.15) is 25.8 Å². The lowest BCUT2D eigenvalue weighted by Crippen LogP contribution is -2.58. The molecular weight excluding hydrogens is 687 g/mol. The fraction of sp³-hybridized carbons (Fsp3) is 0.389. The van der Waals surface area contributed by atoms with Crippen LogP contribution in [0.25, 0.3) is 0 Å². The van der Waals surface area contributed by atoms with Crippen molar-refractivity contribution in [2.45, 2.75) is 68.0 Å². The highest BCUT2D eigenvalue weighted by Crippen LogP contribution is 2.31. The number of halogens is 3. The highest BCUT2D eigenvalue weighted by molar-refractivity contribution is 7.81. The van der Waals surface area contributed by atoms with Crippen LogP contribution in [0.15, 0.2) is 85.2 Å². The highest BCUT2D eigenvalue weighted by atomic mass is 32.1. The van der Waals surface area contributed by atoms with Crippen molar-refractivity contribution in [1.82, 2.24) is 25.8 Å². The Kier molecular flexibility index (Phi) is 15.5. The zero-order valence-electron chi connectivity index (χ0n) is 28.1. The molecule has 0 spiro atoms. The van der Waals surface area contributed by atoms with Crippen molar-refractivity contribution < 1.29 is 42.3 Å². The molecule has 2 aromatic carbocycles. The molecule has 1 aromatic heterocycles. The second-order valence-electron chi connectivity index (χ2n) is 11.9. The monoisotopic (exact) mass is 729 g/mol. The molecule has 0 bridgehead atoms. The van der Waals surface area contributed by atoms with Crippen molar-refractivity contribution in [2.75, 3.05) is 20.1 Å². The van der Waals surface area contributed by atoms with Gasteiger partial charge in [-0.05, 0) is 55.4 Å². The quantitative estimate of drug-likeness (QED) is 0.117. The number of pyridine rings is 1. The molecule has 51 heavy (non-hydrogen) atoms. The number of rotatable bonds is 15. The largest absolute Gasteiger partial charge is 0.490 e. The van der Waals surface area contributed by atoms with Crippen LogP contribution in [-0.4, -0.2) is 87.7 Å². The van der Waals surface area contributed by atoms with Gasteiger partial charge in [0.15, 0.2) is 0 Å². The van der Waals surface area contributed by atoms with E-state index in [0.717, 1.165) is 11.1 Å². The minimum atomic E-state index is -5.08. The van der Waals surface area contributed by atoms with Crippen LogP contribution in [0.5, 0.6) is 0 Å². The van der Waals surface area contributed by atoms with E-state index in [4.69, 9.17) is 9.90 Å². The second kappa shape index (κ2) is 19.5. The van der Waals surface area contributed by atoms with E-state index >= 15 is 0 Å². The molecule has 0 unspecified atom stereocenters. The summed E-state index contributed by atoms with van der Waals surface area (Å²) in [5, 5.41) is 15.2. The molecule has 3 atom stereocenters. The van der Waals surface area contributed by atoms with Crippen LogP contribution in [0, 0.1) is 0 Å². The maximum atomic E-state index is 14.2. The summed E-state index contributed by atoms with van der Waals surface area (Å²) in [4.78, 5) is 67.4. The van der Waals surface area contributed by atoms with Crippen LogP contribution in [0.2, 0.25) is 0 Å². The molecule has 0 radical (unpaired) electrons. The number of amides is 4. The Morgan fingerprint density at radius 3 is 2.10 bits per heavy atom. The summed E-state index contributed by atoms with van der Waals surface area (Å²) >= 11 is 4.58. The zero-order valence-corrected chi connectivity index (χ0v) is 29.0. The second-order valence-corrected chi connectivity index (χ2v) is 12.6. The number of aromatic nitrogens is 1. The number of hydrogen-bond acceptors (Lipinski definition) is 7. The van der Waals surface area contributed by atoms with Crippen LogP contribution >= 0.6 is 12.6 Å². The van der Waals surface area contributed by atoms with E-state index in [1.54, 1.807) is 36.5 Å². The van der Waals surface area contributed by atoms with Crippen LogP contribution in [0.3, 0.4) is 0 Å². The van der Waals surface area contributed by atoms with E-state index in [9.17, 15) is 32.3 Å². The molecule has 15 heteroatoms. The summed E-state index contributed by atoms with van der Waals surface area (Å²) in [7, 11) is 1.57. The summed E-state index contributed by atoms with van der Waals surface area (Å²) < 4.78 is 31.7. The molecule has 11 nitrogen and oxygen atoms in total. The smallest absolute Gasteiger partial charge is 0.475 e. The number of benzene rings is 2. The molecule has 3 aromatic rings. The first-order valence-electron chi connectivity index (χ1n) is 16.4. The number of unbranched alkanes of at least 4 members (excludes halogenated alkanes) is 1. The van der Waals surface area contributed by atoms with Gasteiger partial charge in [0, 0.05) is 44.5 Å². The van der Waals surface area contributed by atoms with Crippen molar-refractivity contribution in [1.29, 1.82) is 0 Å². The number of carboxylic acids is 1. The third-order valence-corrected chi connectivity index (χ3v) is 8.86. The number of nitrogens with one attached hydrogen (secondary N) is 3. The summed E-state index contributed by atoms with van der Waals surface area (Å²) in [6, 6.07) is 22.1. The first-order valence-corrected chi connectivity index (χ1v) is 16.9. The fourth-order valence-corrected chi connectivity index (χ4v) is 5.82. The van der Waals surface area contributed by atoms with Gasteiger partial charge < -0.3 is 26.0 Å². The molecule has 1 fully saturated rings. The van der Waals surface area contributed by atoms with Crippen LogP contribution in [-0.2, 0) is 32.0 Å². The highest BCUT2D eigenvalue weighted by Gasteiger charge is 2.50. The summed E-state index contributed by atoms with van der Waals surface area (Å²) in [5.41, 5.74) is 1.42. The SMILES string of the molecule is CNC(=O)[C@H](Cc1ccccc1)N1CC[C@](CCc2ccccc2)(NC(=O)[C@@H](S)CCCCNC(=O)c2ccncc2)C1=O.O=C(O)C(F)(F)F. The van der Waals surface area contributed by atoms with Crippen molar-refractivity contribution in [3.8, 4) is 0 Å². The third kappa shape index (κ3) is 12.4. The van der Waals surface area contributed by atoms with Gasteiger partial charge >= 0.3 is 12.1 Å². The Hall–Kier alpha value is -4.92. The molecule has 0 aliphatic carbocycles. The molecule has 4 N–H and O–H groups in total. The van der Waals surface area contributed by atoms with Gasteiger partial charge in [-0.25, -0.2) is 4.79 Å². The Morgan fingerprint density at radius 1 is 0.941 bits per heavy atom. The standard InChI is InChI=1S/C34H41N5O4S.C2HF3O2/c1-35-31(41)28(24-26-12-6-3-7-13-26)39-23-19-34(33(39)43,18-15-25-10-4-2-5-11-25)38-32(42)29(44)14-8-9-20-37-30(40)27-16-21-36-22-17-27;3-2(4,5)1(6)7/h2-7,10-13,16-17,21-22,28-29,44H,8-9,14-15,18-20,23-24H2,1H3,(H,35,41)(H,37,40)(H,38,42);(H,6,7)/t28-,29-,34-;/m0./s1. The Morgan fingerprint density at radius 2 is 1.53 bits per heavy atom. The number of carboxylic acid groups (broad SMARTS) is 1. The number of aryl methyl sites for hydroxylation is 1. The van der Waals surface area contributed by atoms with Crippen molar-refractivity contribution in [2.24, 2.45) is 0 Å². The number of carbonyl (C=O) groups is 5. The normalized spacial score (nSPS) is 16.6. The number of hydrogen-bond donors (Lipinski definition) is 5. The van der Waals surface area contributed by atoms with E-state index in [0.29, 0.717) is 63.6 Å². The molecule has 1 aliphatic heterocycles. The number of nitrogens with zero attached hydrogens (tertiary/aromatic N) is 2. The Labute approximate surface area is 299 Å². The van der Waals surface area contributed by atoms with Gasteiger partial charge in [-0.3, -0.25) is 24.2 Å². The Balaban J connectivity index is 0.000000908. The first-order chi connectivity index (χ1) is 24.3. The molecule has 4 amide bonds. The van der Waals surface area contributed by atoms with E-state index in [1.807, 2.05) is 60.7 Å². The summed E-state index contributed by atoms with van der Waals surface area (Å²) in [6.07, 6.45) is 1.68. The molecule has 4 rings (SSSR count). The number of alkyl halides is 3. The molecule has 274 valence electrons. The number of likely N-dealkylation sites (N-methyl/N-ethyl adjacent to an activating group) is 1. The summed E-state index contributed by atoms with van der Waals surface area (Å²) in [5.74, 6) is -3.72. The minimum Gasteiger partial charge on any atom is -0.475 e. The van der Waals surface area contributed by atoms with E-state index in [2.05, 4.69) is 33.6 Å².